The number of aryl methyl sites for hydroxylation is 1. The van der Waals surface area contributed by atoms with Gasteiger partial charge in [0.25, 0.3) is 5.91 Å². The summed E-state index contributed by atoms with van der Waals surface area (Å²) in [6.07, 6.45) is 0. The molecule has 0 saturated carbocycles. The summed E-state index contributed by atoms with van der Waals surface area (Å²) in [6, 6.07) is 5.67. The first kappa shape index (κ1) is 14.1. The first-order valence-electron chi connectivity index (χ1n) is 6.04. The molecule has 0 atom stereocenters. The molecule has 1 aromatic carbocycles. The Bertz CT molecular complexity index is 626. The molecule has 1 aromatic heterocycles. The minimum atomic E-state index is -0.446. The van der Waals surface area contributed by atoms with Crippen LogP contribution in [0, 0.1) is 6.92 Å². The number of amides is 1. The molecule has 0 unspecified atom stereocenters. The van der Waals surface area contributed by atoms with Crippen LogP contribution in [0.5, 0.6) is 0 Å². The van der Waals surface area contributed by atoms with Gasteiger partial charge in [-0.3, -0.25) is 4.79 Å². The van der Waals surface area contributed by atoms with E-state index in [0.29, 0.717) is 17.9 Å². The average Bonchev–Trinajstić information content (AvgIpc) is 2.63. The second kappa shape index (κ2) is 4.98. The minimum Gasteiger partial charge on any atom is -0.451 e. The Hall–Kier alpha value is -1.33. The van der Waals surface area contributed by atoms with Crippen molar-refractivity contribution in [3.8, 4) is 0 Å². The number of carbonyl (C=O) groups excluding carboxylic acids is 1. The van der Waals surface area contributed by atoms with Crippen molar-refractivity contribution in [3.05, 3.63) is 34.0 Å². The second-order valence-electron chi connectivity index (χ2n) is 5.37. The van der Waals surface area contributed by atoms with Crippen LogP contribution in [-0.4, -0.2) is 18.0 Å². The van der Waals surface area contributed by atoms with E-state index in [1.165, 1.54) is 0 Å². The molecule has 0 aliphatic carbocycles. The van der Waals surface area contributed by atoms with E-state index in [4.69, 9.17) is 10.2 Å². The van der Waals surface area contributed by atoms with Gasteiger partial charge in [-0.25, -0.2) is 0 Å². The Morgan fingerprint density at radius 2 is 2.16 bits per heavy atom. The fourth-order valence-corrected chi connectivity index (χ4v) is 2.16. The minimum absolute atomic E-state index is 0.233. The number of nitrogens with one attached hydrogen (secondary N) is 1. The normalized spacial score (nSPS) is 11.8. The second-order valence-corrected chi connectivity index (χ2v) is 6.28. The molecule has 2 rings (SSSR count). The lowest BCUT2D eigenvalue weighted by Gasteiger charge is -2.18. The first-order chi connectivity index (χ1) is 8.78. The van der Waals surface area contributed by atoms with Gasteiger partial charge in [-0.05, 0) is 39.0 Å². The van der Waals surface area contributed by atoms with E-state index in [1.54, 1.807) is 0 Å². The van der Waals surface area contributed by atoms with Crippen LogP contribution < -0.4 is 11.1 Å². The van der Waals surface area contributed by atoms with Crippen LogP contribution in [0.4, 0.5) is 0 Å². The zero-order chi connectivity index (χ0) is 14.2. The average molecular weight is 325 g/mol. The Morgan fingerprint density at radius 3 is 2.79 bits per heavy atom. The maximum atomic E-state index is 12.1. The van der Waals surface area contributed by atoms with Gasteiger partial charge < -0.3 is 15.5 Å². The SMILES string of the molecule is Cc1c(C(=O)NCC(C)(C)N)oc2ccc(Br)cc12. The Labute approximate surface area is 120 Å². The number of hydrogen-bond donors (Lipinski definition) is 2. The van der Waals surface area contributed by atoms with Gasteiger partial charge in [0.2, 0.25) is 0 Å². The van der Waals surface area contributed by atoms with Gasteiger partial charge >= 0.3 is 0 Å². The summed E-state index contributed by atoms with van der Waals surface area (Å²) in [7, 11) is 0. The maximum Gasteiger partial charge on any atom is 0.287 e. The predicted molar refractivity (Wildman–Crippen MR) is 79.3 cm³/mol. The summed E-state index contributed by atoms with van der Waals surface area (Å²) in [4.78, 5) is 12.1. The lowest BCUT2D eigenvalue weighted by atomic mass is 10.1. The highest BCUT2D eigenvalue weighted by atomic mass is 79.9. The summed E-state index contributed by atoms with van der Waals surface area (Å²) < 4.78 is 6.56. The molecule has 0 aliphatic heterocycles. The number of carbonyl (C=O) groups is 1. The fraction of sp³-hybridized carbons (Fsp3) is 0.357. The summed E-state index contributed by atoms with van der Waals surface area (Å²) in [5.74, 6) is 0.112. The summed E-state index contributed by atoms with van der Waals surface area (Å²) in [5, 5.41) is 3.72. The lowest BCUT2D eigenvalue weighted by molar-refractivity contribution is 0.0919. The van der Waals surface area contributed by atoms with Crippen molar-refractivity contribution in [2.45, 2.75) is 26.3 Å². The van der Waals surface area contributed by atoms with Gasteiger partial charge in [0, 0.05) is 27.5 Å². The Kier molecular flexibility index (Phi) is 3.69. The van der Waals surface area contributed by atoms with Crippen LogP contribution in [0.1, 0.15) is 30.0 Å². The molecule has 1 heterocycles. The van der Waals surface area contributed by atoms with E-state index in [1.807, 2.05) is 39.0 Å². The predicted octanol–water partition coefficient (Wildman–Crippen LogP) is 2.97. The van der Waals surface area contributed by atoms with Crippen molar-refractivity contribution in [3.63, 3.8) is 0 Å². The van der Waals surface area contributed by atoms with E-state index in [-0.39, 0.29) is 5.91 Å². The molecule has 0 fully saturated rings. The highest BCUT2D eigenvalue weighted by Crippen LogP contribution is 2.27. The Morgan fingerprint density at radius 1 is 1.47 bits per heavy atom. The third-order valence-corrected chi connectivity index (χ3v) is 3.30. The van der Waals surface area contributed by atoms with Crippen LogP contribution in [0.3, 0.4) is 0 Å². The highest BCUT2D eigenvalue weighted by Gasteiger charge is 2.19. The van der Waals surface area contributed by atoms with Gasteiger partial charge in [-0.2, -0.15) is 0 Å². The van der Waals surface area contributed by atoms with Crippen molar-refractivity contribution in [2.24, 2.45) is 5.73 Å². The standard InChI is InChI=1S/C14H17BrN2O2/c1-8-10-6-9(15)4-5-11(10)19-12(8)13(18)17-7-14(2,3)16/h4-6H,7,16H2,1-3H3,(H,17,18). The molecule has 3 N–H and O–H groups in total. The van der Waals surface area contributed by atoms with Crippen LogP contribution in [-0.2, 0) is 0 Å². The van der Waals surface area contributed by atoms with Gasteiger partial charge in [0.1, 0.15) is 5.58 Å². The number of furan rings is 1. The number of benzene rings is 1. The highest BCUT2D eigenvalue weighted by molar-refractivity contribution is 9.10. The summed E-state index contributed by atoms with van der Waals surface area (Å²) in [6.45, 7) is 5.98. The fourth-order valence-electron chi connectivity index (χ4n) is 1.80. The monoisotopic (exact) mass is 324 g/mol. The molecule has 0 spiro atoms. The number of fused-ring (bicyclic) bond motifs is 1. The largest absolute Gasteiger partial charge is 0.451 e. The van der Waals surface area contributed by atoms with Gasteiger partial charge in [0.05, 0.1) is 0 Å². The molecule has 0 bridgehead atoms. The number of nitrogens with two attached hydrogens (primary N) is 1. The summed E-state index contributed by atoms with van der Waals surface area (Å²) >= 11 is 3.41. The van der Waals surface area contributed by atoms with Crippen LogP contribution in [0.2, 0.25) is 0 Å². The zero-order valence-electron chi connectivity index (χ0n) is 11.2. The van der Waals surface area contributed by atoms with E-state index < -0.39 is 5.54 Å². The number of hydrogen-bond acceptors (Lipinski definition) is 3. The molecular weight excluding hydrogens is 308 g/mol. The molecule has 0 saturated heterocycles. The molecule has 0 radical (unpaired) electrons. The number of rotatable bonds is 3. The van der Waals surface area contributed by atoms with Crippen LogP contribution in [0.15, 0.2) is 27.1 Å². The van der Waals surface area contributed by atoms with E-state index in [2.05, 4.69) is 21.2 Å². The third-order valence-electron chi connectivity index (χ3n) is 2.81. The smallest absolute Gasteiger partial charge is 0.287 e. The van der Waals surface area contributed by atoms with Crippen molar-refractivity contribution in [1.82, 2.24) is 5.32 Å². The van der Waals surface area contributed by atoms with Crippen molar-refractivity contribution >= 4 is 32.8 Å². The molecule has 19 heavy (non-hydrogen) atoms. The molecule has 102 valence electrons. The van der Waals surface area contributed by atoms with E-state index >= 15 is 0 Å². The number of halogens is 1. The molecule has 4 nitrogen and oxygen atoms in total. The summed E-state index contributed by atoms with van der Waals surface area (Å²) in [5.41, 5.74) is 6.94. The first-order valence-corrected chi connectivity index (χ1v) is 6.83. The zero-order valence-corrected chi connectivity index (χ0v) is 12.8. The molecule has 5 heteroatoms. The van der Waals surface area contributed by atoms with Gasteiger partial charge in [-0.15, -0.1) is 0 Å². The molecule has 0 aliphatic rings. The Balaban J connectivity index is 2.30. The lowest BCUT2D eigenvalue weighted by Crippen LogP contribution is -2.45. The van der Waals surface area contributed by atoms with Gasteiger partial charge in [0.15, 0.2) is 5.76 Å². The quantitative estimate of drug-likeness (QED) is 0.912. The molecule has 2 aromatic rings. The van der Waals surface area contributed by atoms with E-state index in [0.717, 1.165) is 15.4 Å². The van der Waals surface area contributed by atoms with Crippen molar-refractivity contribution in [2.75, 3.05) is 6.54 Å². The topological polar surface area (TPSA) is 68.3 Å². The molecule has 1 amide bonds. The van der Waals surface area contributed by atoms with Crippen LogP contribution >= 0.6 is 15.9 Å². The maximum absolute atomic E-state index is 12.1. The van der Waals surface area contributed by atoms with Crippen molar-refractivity contribution in [1.29, 1.82) is 0 Å². The van der Waals surface area contributed by atoms with Gasteiger partial charge in [-0.1, -0.05) is 15.9 Å². The molecular formula is C14H17BrN2O2. The third kappa shape index (κ3) is 3.16. The van der Waals surface area contributed by atoms with E-state index in [9.17, 15) is 4.79 Å². The van der Waals surface area contributed by atoms with Crippen LogP contribution in [0.25, 0.3) is 11.0 Å². The van der Waals surface area contributed by atoms with Crippen molar-refractivity contribution < 1.29 is 9.21 Å².